The molecule has 42 heavy (non-hydrogen) atoms. The molecule has 1 unspecified atom stereocenters. The van der Waals surface area contributed by atoms with Gasteiger partial charge in [-0.25, -0.2) is 30.8 Å². The van der Waals surface area contributed by atoms with E-state index in [4.69, 9.17) is 16.3 Å². The van der Waals surface area contributed by atoms with Gasteiger partial charge in [0.1, 0.15) is 29.7 Å². The first-order valence-electron chi connectivity index (χ1n) is 12.0. The van der Waals surface area contributed by atoms with Gasteiger partial charge in [0.25, 0.3) is 5.91 Å². The summed E-state index contributed by atoms with van der Waals surface area (Å²) < 4.78 is 76.2. The Balaban J connectivity index is 1.60. The number of nitrogens with one attached hydrogen (secondary N) is 2. The topological polar surface area (TPSA) is 127 Å². The molecule has 0 spiro atoms. The van der Waals surface area contributed by atoms with Crippen LogP contribution < -0.4 is 14.8 Å². The van der Waals surface area contributed by atoms with Crippen LogP contribution in [0.1, 0.15) is 20.1 Å². The third-order valence-electron chi connectivity index (χ3n) is 5.79. The van der Waals surface area contributed by atoms with Crippen LogP contribution in [0.3, 0.4) is 0 Å². The number of thiophene rings is 1. The summed E-state index contributed by atoms with van der Waals surface area (Å²) in [6.45, 7) is 1.57. The Bertz CT molecular complexity index is 1920. The molecular formula is C27H25ClF2N4O5S3. The number of nitrogens with zero attached hydrogens (tertiary/aromatic N) is 2. The summed E-state index contributed by atoms with van der Waals surface area (Å²) in [6.07, 6.45) is 3.40. The van der Waals surface area contributed by atoms with E-state index >= 15 is 0 Å². The highest BCUT2D eigenvalue weighted by molar-refractivity contribution is 7.93. The number of halogens is 3. The number of amides is 1. The molecule has 0 bridgehead atoms. The zero-order valence-electron chi connectivity index (χ0n) is 22.7. The van der Waals surface area contributed by atoms with E-state index in [0.717, 1.165) is 35.9 Å². The smallest absolute Gasteiger partial charge is 0.265 e. The maximum Gasteiger partial charge on any atom is 0.265 e. The summed E-state index contributed by atoms with van der Waals surface area (Å²) in [6, 6.07) is 10.8. The van der Waals surface area contributed by atoms with Crippen LogP contribution in [0.4, 0.5) is 20.2 Å². The Kier molecular flexibility index (Phi) is 9.21. The van der Waals surface area contributed by atoms with Crippen molar-refractivity contribution in [1.29, 1.82) is 0 Å². The van der Waals surface area contributed by atoms with Gasteiger partial charge in [-0.05, 0) is 55.0 Å². The van der Waals surface area contributed by atoms with E-state index in [1.165, 1.54) is 43.6 Å². The monoisotopic (exact) mass is 654 g/mol. The van der Waals surface area contributed by atoms with Gasteiger partial charge in [-0.2, -0.15) is 0 Å². The Labute approximate surface area is 251 Å². The third-order valence-corrected chi connectivity index (χ3v) is 9.47. The van der Waals surface area contributed by atoms with Gasteiger partial charge in [-0.15, -0.1) is 11.3 Å². The van der Waals surface area contributed by atoms with E-state index in [0.29, 0.717) is 16.0 Å². The Morgan fingerprint density at radius 2 is 1.74 bits per heavy atom. The molecule has 0 saturated carbocycles. The van der Waals surface area contributed by atoms with Crippen molar-refractivity contribution in [3.63, 3.8) is 0 Å². The predicted molar refractivity (Wildman–Crippen MR) is 162 cm³/mol. The maximum absolute atomic E-state index is 14.3. The summed E-state index contributed by atoms with van der Waals surface area (Å²) in [7, 11) is -4.98. The van der Waals surface area contributed by atoms with Crippen molar-refractivity contribution in [2.24, 2.45) is 4.36 Å². The number of rotatable bonds is 9. The molecule has 1 atom stereocenters. The number of sulfonamides is 1. The molecule has 9 nitrogen and oxygen atoms in total. The molecule has 0 aliphatic carbocycles. The van der Waals surface area contributed by atoms with Crippen molar-refractivity contribution in [1.82, 2.24) is 4.98 Å². The molecule has 0 aliphatic heterocycles. The lowest BCUT2D eigenvalue weighted by atomic mass is 10.1. The lowest BCUT2D eigenvalue weighted by Crippen LogP contribution is -2.12. The van der Waals surface area contributed by atoms with Crippen LogP contribution in [0.25, 0.3) is 11.3 Å². The fourth-order valence-electron chi connectivity index (χ4n) is 3.88. The molecule has 0 radical (unpaired) electrons. The van der Waals surface area contributed by atoms with Gasteiger partial charge < -0.3 is 10.1 Å². The summed E-state index contributed by atoms with van der Waals surface area (Å²) >= 11 is 7.25. The minimum absolute atomic E-state index is 0.0532. The van der Waals surface area contributed by atoms with Crippen LogP contribution in [-0.2, 0) is 26.4 Å². The third kappa shape index (κ3) is 7.82. The van der Waals surface area contributed by atoms with Crippen molar-refractivity contribution in [2.45, 2.75) is 18.4 Å². The average molecular weight is 655 g/mol. The molecule has 15 heteroatoms. The zero-order chi connectivity index (χ0) is 30.8. The number of benzene rings is 2. The summed E-state index contributed by atoms with van der Waals surface area (Å²) in [4.78, 5) is 18.4. The number of hydrogen-bond donors (Lipinski definition) is 2. The molecule has 222 valence electrons. The SMILES string of the molecule is CN=S(C)(=O)c1cc(F)cc(COc2cc(F)cnc2-c2cc(C(=O)Nc3cc(Cl)cc(NS(C)(=O)=O)c3)sc2C)c1. The van der Waals surface area contributed by atoms with Gasteiger partial charge in [0.05, 0.1) is 37.6 Å². The van der Waals surface area contributed by atoms with Gasteiger partial charge in [0, 0.05) is 40.5 Å². The average Bonchev–Trinajstić information content (AvgIpc) is 3.27. The maximum atomic E-state index is 14.3. The van der Waals surface area contributed by atoms with E-state index in [9.17, 15) is 26.2 Å². The minimum Gasteiger partial charge on any atom is -0.487 e. The van der Waals surface area contributed by atoms with Gasteiger partial charge in [-0.1, -0.05) is 11.6 Å². The first kappa shape index (κ1) is 31.3. The Morgan fingerprint density at radius 1 is 1.02 bits per heavy atom. The van der Waals surface area contributed by atoms with Crippen LogP contribution in [-0.4, -0.2) is 43.1 Å². The number of carbonyl (C=O) groups is 1. The molecule has 4 rings (SSSR count). The number of anilines is 2. The van der Waals surface area contributed by atoms with Crippen molar-refractivity contribution in [3.8, 4) is 17.0 Å². The highest BCUT2D eigenvalue weighted by atomic mass is 35.5. The first-order valence-corrected chi connectivity index (χ1v) is 17.0. The molecule has 0 saturated heterocycles. The number of aromatic nitrogens is 1. The van der Waals surface area contributed by atoms with Crippen LogP contribution in [0, 0.1) is 18.6 Å². The van der Waals surface area contributed by atoms with E-state index in [-0.39, 0.29) is 44.2 Å². The second-order valence-corrected chi connectivity index (χ2v) is 15.1. The van der Waals surface area contributed by atoms with Crippen molar-refractivity contribution in [2.75, 3.05) is 29.6 Å². The minimum atomic E-state index is -3.57. The first-order chi connectivity index (χ1) is 19.6. The van der Waals surface area contributed by atoms with Gasteiger partial charge in [0.15, 0.2) is 0 Å². The highest BCUT2D eigenvalue weighted by Crippen LogP contribution is 2.36. The van der Waals surface area contributed by atoms with Gasteiger partial charge in [-0.3, -0.25) is 9.52 Å². The van der Waals surface area contributed by atoms with Crippen LogP contribution >= 0.6 is 22.9 Å². The normalized spacial score (nSPS) is 12.8. The molecule has 2 N–H and O–H groups in total. The fraction of sp³-hybridized carbons (Fsp3) is 0.185. The van der Waals surface area contributed by atoms with E-state index < -0.39 is 37.3 Å². The lowest BCUT2D eigenvalue weighted by Gasteiger charge is -2.12. The van der Waals surface area contributed by atoms with Crippen molar-refractivity contribution >= 4 is 60.0 Å². The number of carbonyl (C=O) groups excluding carboxylic acids is 1. The molecule has 0 aliphatic rings. The Morgan fingerprint density at radius 3 is 2.43 bits per heavy atom. The number of hydrogen-bond acceptors (Lipinski definition) is 8. The van der Waals surface area contributed by atoms with E-state index in [2.05, 4.69) is 19.4 Å². The molecule has 4 aromatic rings. The van der Waals surface area contributed by atoms with Crippen LogP contribution in [0.5, 0.6) is 5.75 Å². The molecular weight excluding hydrogens is 630 g/mol. The zero-order valence-corrected chi connectivity index (χ0v) is 25.9. The molecule has 2 aromatic heterocycles. The molecule has 2 heterocycles. The van der Waals surface area contributed by atoms with Crippen molar-refractivity contribution < 1.29 is 30.9 Å². The van der Waals surface area contributed by atoms with Crippen LogP contribution in [0.15, 0.2) is 64.0 Å². The molecule has 1 amide bonds. The molecule has 0 fully saturated rings. The number of aryl methyl sites for hydroxylation is 1. The summed E-state index contributed by atoms with van der Waals surface area (Å²) in [5, 5.41) is 2.89. The Hall–Kier alpha value is -3.59. The van der Waals surface area contributed by atoms with Gasteiger partial charge in [0.2, 0.25) is 10.0 Å². The number of pyridine rings is 1. The predicted octanol–water partition coefficient (Wildman–Crippen LogP) is 6.34. The summed E-state index contributed by atoms with van der Waals surface area (Å²) in [5.74, 6) is -1.73. The van der Waals surface area contributed by atoms with Gasteiger partial charge >= 0.3 is 0 Å². The summed E-state index contributed by atoms with van der Waals surface area (Å²) in [5.41, 5.74) is 1.55. The largest absolute Gasteiger partial charge is 0.487 e. The highest BCUT2D eigenvalue weighted by Gasteiger charge is 2.20. The fourth-order valence-corrected chi connectivity index (χ4v) is 6.49. The van der Waals surface area contributed by atoms with E-state index in [1.54, 1.807) is 13.0 Å². The quantitative estimate of drug-likeness (QED) is 0.217. The standard InChI is InChI=1S/C27H25ClF2N4O5S3/c1-15-23(12-25(40-15)27(35)33-20-7-17(28)8-21(11-20)34-42(4,37)38)26-24(10-19(30)13-32-26)39-14-16-5-18(29)9-22(6-16)41(3,36)31-2/h5-13,34H,14H2,1-4H3,(H,33,35). The second kappa shape index (κ2) is 12.3. The van der Waals surface area contributed by atoms with E-state index in [1.807, 2.05) is 0 Å². The molecule has 2 aromatic carbocycles. The van der Waals surface area contributed by atoms with Crippen LogP contribution in [0.2, 0.25) is 5.02 Å². The number of ether oxygens (including phenoxy) is 1. The van der Waals surface area contributed by atoms with Crippen molar-refractivity contribution in [3.05, 3.63) is 86.7 Å². The lowest BCUT2D eigenvalue weighted by molar-refractivity contribution is 0.103. The second-order valence-electron chi connectivity index (χ2n) is 9.21.